The minimum Gasteiger partial charge on any atom is -0.383 e. The fourth-order valence-electron chi connectivity index (χ4n) is 3.26. The number of benzene rings is 1. The van der Waals surface area contributed by atoms with Crippen molar-refractivity contribution in [1.82, 2.24) is 19.9 Å². The second kappa shape index (κ2) is 9.61. The van der Waals surface area contributed by atoms with Crippen molar-refractivity contribution in [2.45, 2.75) is 13.2 Å². The van der Waals surface area contributed by atoms with Crippen molar-refractivity contribution in [3.8, 4) is 22.6 Å². The predicted molar refractivity (Wildman–Crippen MR) is 117 cm³/mol. The number of nitrogens with zero attached hydrogens (tertiary/aromatic N) is 3. The molecule has 0 unspecified atom stereocenters. The van der Waals surface area contributed by atoms with Gasteiger partial charge in [-0.05, 0) is 37.3 Å². The number of nitrogens with two attached hydrogens (primary N) is 1. The molecule has 4 rings (SSSR count). The van der Waals surface area contributed by atoms with Crippen LogP contribution in [0.2, 0.25) is 0 Å². The number of aromatic nitrogens is 4. The highest BCUT2D eigenvalue weighted by molar-refractivity contribution is 5.81. The van der Waals surface area contributed by atoms with E-state index in [0.29, 0.717) is 47.6 Å². The van der Waals surface area contributed by atoms with Gasteiger partial charge in [0.15, 0.2) is 5.82 Å². The maximum atomic E-state index is 13.5. The van der Waals surface area contributed by atoms with Crippen LogP contribution in [0.5, 0.6) is 0 Å². The third-order valence-corrected chi connectivity index (χ3v) is 5.27. The summed E-state index contributed by atoms with van der Waals surface area (Å²) in [6.45, 7) is 2.92. The van der Waals surface area contributed by atoms with Crippen molar-refractivity contribution in [3.63, 3.8) is 0 Å². The van der Waals surface area contributed by atoms with E-state index in [1.807, 2.05) is 0 Å². The van der Waals surface area contributed by atoms with Gasteiger partial charge in [0.25, 0.3) is 0 Å². The number of H-pyrrole nitrogens is 1. The van der Waals surface area contributed by atoms with E-state index in [-0.39, 0.29) is 19.0 Å². The molecule has 4 N–H and O–H groups in total. The van der Waals surface area contributed by atoms with Crippen molar-refractivity contribution in [2.75, 3.05) is 38.8 Å². The van der Waals surface area contributed by atoms with Crippen molar-refractivity contribution in [1.29, 1.82) is 0 Å². The first-order valence-electron chi connectivity index (χ1n) is 10.3. The topological polar surface area (TPSA) is 137 Å². The second-order valence-electron chi connectivity index (χ2n) is 7.92. The Bertz CT molecular complexity index is 1110. The van der Waals surface area contributed by atoms with Crippen LogP contribution in [0.25, 0.3) is 22.6 Å². The number of hydrogen-bond acceptors (Lipinski definition) is 8. The van der Waals surface area contributed by atoms with E-state index in [9.17, 15) is 9.18 Å². The highest BCUT2D eigenvalue weighted by Crippen LogP contribution is 2.35. The summed E-state index contributed by atoms with van der Waals surface area (Å²) in [5.74, 6) is -0.0357. The van der Waals surface area contributed by atoms with Crippen molar-refractivity contribution in [3.05, 3.63) is 48.2 Å². The van der Waals surface area contributed by atoms with E-state index in [0.717, 1.165) is 0 Å². The van der Waals surface area contributed by atoms with Gasteiger partial charge in [-0.15, -0.1) is 0 Å². The van der Waals surface area contributed by atoms with Gasteiger partial charge in [0.1, 0.15) is 5.82 Å². The molecule has 2 aromatic heterocycles. The SMILES string of the molecule is COCCNc1nccc(-c2[nH]c(C3OCC(C)(C(N)=O)CO3)nc2-c2ccc(F)cc2)n1. The average Bonchev–Trinajstić information content (AvgIpc) is 3.26. The first-order valence-corrected chi connectivity index (χ1v) is 10.3. The van der Waals surface area contributed by atoms with Gasteiger partial charge in [-0.1, -0.05) is 0 Å². The summed E-state index contributed by atoms with van der Waals surface area (Å²) in [6, 6.07) is 7.71. The first kappa shape index (κ1) is 22.8. The molecule has 10 nitrogen and oxygen atoms in total. The molecule has 33 heavy (non-hydrogen) atoms. The van der Waals surface area contributed by atoms with Gasteiger partial charge in [0.2, 0.25) is 18.1 Å². The summed E-state index contributed by atoms with van der Waals surface area (Å²) in [5, 5.41) is 3.09. The Morgan fingerprint density at radius 3 is 2.67 bits per heavy atom. The molecule has 174 valence electrons. The summed E-state index contributed by atoms with van der Waals surface area (Å²) in [4.78, 5) is 28.3. The van der Waals surface area contributed by atoms with Crippen LogP contribution < -0.4 is 11.1 Å². The molecule has 1 aromatic carbocycles. The summed E-state index contributed by atoms with van der Waals surface area (Å²) < 4.78 is 30.1. The fourth-order valence-corrected chi connectivity index (χ4v) is 3.26. The number of ether oxygens (including phenoxy) is 3. The molecule has 1 fully saturated rings. The Kier molecular flexibility index (Phi) is 6.63. The smallest absolute Gasteiger partial charge is 0.228 e. The monoisotopic (exact) mass is 456 g/mol. The van der Waals surface area contributed by atoms with Crippen LogP contribution in [-0.4, -0.2) is 59.3 Å². The number of rotatable bonds is 8. The number of carbonyl (C=O) groups is 1. The van der Waals surface area contributed by atoms with Crippen LogP contribution in [0, 0.1) is 11.2 Å². The molecule has 0 aliphatic carbocycles. The zero-order valence-corrected chi connectivity index (χ0v) is 18.3. The van der Waals surface area contributed by atoms with Gasteiger partial charge in [0.05, 0.1) is 42.3 Å². The first-order chi connectivity index (χ1) is 15.9. The number of primary amides is 1. The van der Waals surface area contributed by atoms with Crippen LogP contribution in [0.4, 0.5) is 10.3 Å². The second-order valence-corrected chi connectivity index (χ2v) is 7.92. The molecule has 0 atom stereocenters. The number of amides is 1. The van der Waals surface area contributed by atoms with Crippen LogP contribution in [0.15, 0.2) is 36.5 Å². The molecule has 3 aromatic rings. The average molecular weight is 456 g/mol. The minimum absolute atomic E-state index is 0.0932. The molecule has 0 bridgehead atoms. The van der Waals surface area contributed by atoms with Crippen LogP contribution in [0.3, 0.4) is 0 Å². The molecule has 0 spiro atoms. The highest BCUT2D eigenvalue weighted by atomic mass is 19.1. The number of hydrogen-bond donors (Lipinski definition) is 3. The van der Waals surface area contributed by atoms with Gasteiger partial charge < -0.3 is 30.2 Å². The lowest BCUT2D eigenvalue weighted by Gasteiger charge is -2.34. The quantitative estimate of drug-likeness (QED) is 0.439. The number of anilines is 1. The Balaban J connectivity index is 1.68. The summed E-state index contributed by atoms with van der Waals surface area (Å²) in [6.07, 6.45) is 0.796. The van der Waals surface area contributed by atoms with Crippen molar-refractivity contribution in [2.24, 2.45) is 11.1 Å². The van der Waals surface area contributed by atoms with E-state index >= 15 is 0 Å². The van der Waals surface area contributed by atoms with E-state index in [1.54, 1.807) is 38.4 Å². The van der Waals surface area contributed by atoms with Crippen LogP contribution >= 0.6 is 0 Å². The third kappa shape index (κ3) is 5.00. The van der Waals surface area contributed by atoms with Crippen molar-refractivity contribution < 1.29 is 23.4 Å². The molecule has 11 heteroatoms. The van der Waals surface area contributed by atoms with Crippen LogP contribution in [0.1, 0.15) is 19.0 Å². The third-order valence-electron chi connectivity index (χ3n) is 5.27. The molecule has 0 saturated carbocycles. The Morgan fingerprint density at radius 2 is 2.00 bits per heavy atom. The number of methoxy groups -OCH3 is 1. The molecular formula is C22H25FN6O4. The maximum absolute atomic E-state index is 13.5. The molecule has 1 amide bonds. The van der Waals surface area contributed by atoms with Crippen molar-refractivity contribution >= 4 is 11.9 Å². The van der Waals surface area contributed by atoms with Gasteiger partial charge >= 0.3 is 0 Å². The standard InChI is InChI=1S/C22H25FN6O4/c1-22(20(24)30)11-32-19(33-12-22)18-28-16(13-3-5-14(23)6-4-13)17(29-18)15-7-8-25-21(27-15)26-9-10-31-2/h3-8,19H,9-12H2,1-2H3,(H2,24,30)(H,28,29)(H,25,26,27). The molecule has 3 heterocycles. The number of aromatic amines is 1. The number of imidazole rings is 1. The maximum Gasteiger partial charge on any atom is 0.228 e. The minimum atomic E-state index is -0.916. The van der Waals surface area contributed by atoms with E-state index in [2.05, 4.69) is 25.3 Å². The van der Waals surface area contributed by atoms with Crippen LogP contribution in [-0.2, 0) is 19.0 Å². The van der Waals surface area contributed by atoms with Gasteiger partial charge in [-0.3, -0.25) is 4.79 Å². The van der Waals surface area contributed by atoms with Gasteiger partial charge in [-0.2, -0.15) is 0 Å². The zero-order valence-electron chi connectivity index (χ0n) is 18.3. The molecule has 1 aliphatic heterocycles. The summed E-state index contributed by atoms with van der Waals surface area (Å²) >= 11 is 0. The zero-order chi connectivity index (χ0) is 23.4. The van der Waals surface area contributed by atoms with Gasteiger partial charge in [0, 0.05) is 25.4 Å². The van der Waals surface area contributed by atoms with E-state index in [1.165, 1.54) is 12.1 Å². The van der Waals surface area contributed by atoms with E-state index in [4.69, 9.17) is 19.9 Å². The Hall–Kier alpha value is -3.41. The number of carbonyl (C=O) groups excluding carboxylic acids is 1. The number of nitrogens with one attached hydrogen (secondary N) is 2. The normalized spacial score (nSPS) is 20.5. The largest absolute Gasteiger partial charge is 0.383 e. The molecule has 1 aliphatic rings. The lowest BCUT2D eigenvalue weighted by molar-refractivity contribution is -0.230. The summed E-state index contributed by atoms with van der Waals surface area (Å²) in [5.41, 5.74) is 6.92. The summed E-state index contributed by atoms with van der Waals surface area (Å²) in [7, 11) is 1.61. The molecule has 1 saturated heterocycles. The molecule has 0 radical (unpaired) electrons. The predicted octanol–water partition coefficient (Wildman–Crippen LogP) is 2.27. The Labute approximate surface area is 189 Å². The highest BCUT2D eigenvalue weighted by Gasteiger charge is 2.39. The molecular weight excluding hydrogens is 431 g/mol. The van der Waals surface area contributed by atoms with E-state index < -0.39 is 17.6 Å². The Morgan fingerprint density at radius 1 is 1.27 bits per heavy atom. The van der Waals surface area contributed by atoms with Gasteiger partial charge in [-0.25, -0.2) is 19.3 Å². The fraction of sp³-hybridized carbons (Fsp3) is 0.364. The lowest BCUT2D eigenvalue weighted by atomic mass is 9.91. The number of halogens is 1. The lowest BCUT2D eigenvalue weighted by Crippen LogP contribution is -2.46.